The van der Waals surface area contributed by atoms with E-state index in [1.54, 1.807) is 0 Å². The predicted octanol–water partition coefficient (Wildman–Crippen LogP) is 2.17. The summed E-state index contributed by atoms with van der Waals surface area (Å²) in [6.45, 7) is 5.93. The number of carbonyl (C=O) groups excluding carboxylic acids is 1. The van der Waals surface area contributed by atoms with Crippen LogP contribution in [0.4, 0.5) is 0 Å². The van der Waals surface area contributed by atoms with Crippen molar-refractivity contribution in [2.75, 3.05) is 5.88 Å². The van der Waals surface area contributed by atoms with Gasteiger partial charge in [0.15, 0.2) is 0 Å². The molecule has 0 saturated carbocycles. The summed E-state index contributed by atoms with van der Waals surface area (Å²) in [5.74, 6) is 0.704. The summed E-state index contributed by atoms with van der Waals surface area (Å²) in [5.41, 5.74) is 0. The van der Waals surface area contributed by atoms with Crippen molar-refractivity contribution in [2.24, 2.45) is 5.92 Å². The first-order chi connectivity index (χ1) is 5.61. The van der Waals surface area contributed by atoms with Crippen LogP contribution in [0.25, 0.3) is 0 Å². The zero-order valence-electron chi connectivity index (χ0n) is 8.06. The molecule has 0 aromatic rings. The molecule has 0 spiro atoms. The minimum atomic E-state index is 0.0819. The van der Waals surface area contributed by atoms with Gasteiger partial charge in [0.25, 0.3) is 0 Å². The highest BCUT2D eigenvalue weighted by atomic mass is 35.5. The average molecular weight is 192 g/mol. The Morgan fingerprint density at radius 2 is 2.08 bits per heavy atom. The first-order valence-corrected chi connectivity index (χ1v) is 5.01. The van der Waals surface area contributed by atoms with Crippen molar-refractivity contribution in [3.8, 4) is 0 Å². The third-order valence-electron chi connectivity index (χ3n) is 1.79. The Labute approximate surface area is 79.7 Å². The molecule has 2 nitrogen and oxygen atoms in total. The van der Waals surface area contributed by atoms with Crippen molar-refractivity contribution in [2.45, 2.75) is 39.7 Å². The molecule has 1 N–H and O–H groups in total. The van der Waals surface area contributed by atoms with E-state index in [1.807, 2.05) is 13.8 Å². The van der Waals surface area contributed by atoms with Crippen LogP contribution in [0.3, 0.4) is 0 Å². The van der Waals surface area contributed by atoms with Crippen molar-refractivity contribution in [3.63, 3.8) is 0 Å². The smallest absolute Gasteiger partial charge is 0.223 e. The summed E-state index contributed by atoms with van der Waals surface area (Å²) in [5, 5.41) is 2.84. The van der Waals surface area contributed by atoms with Gasteiger partial charge in [0, 0.05) is 17.8 Å². The summed E-state index contributed by atoms with van der Waals surface area (Å²) >= 11 is 5.56. The molecule has 0 aliphatic heterocycles. The van der Waals surface area contributed by atoms with Crippen LogP contribution >= 0.6 is 11.6 Å². The van der Waals surface area contributed by atoms with E-state index in [1.165, 1.54) is 0 Å². The fourth-order valence-electron chi connectivity index (χ4n) is 0.988. The Morgan fingerprint density at radius 3 is 2.50 bits per heavy atom. The highest BCUT2D eigenvalue weighted by molar-refractivity contribution is 6.18. The number of hydrogen-bond donors (Lipinski definition) is 1. The van der Waals surface area contributed by atoms with Gasteiger partial charge in [0.05, 0.1) is 0 Å². The monoisotopic (exact) mass is 191 g/mol. The van der Waals surface area contributed by atoms with E-state index in [9.17, 15) is 4.79 Å². The van der Waals surface area contributed by atoms with Crippen molar-refractivity contribution in [3.05, 3.63) is 0 Å². The van der Waals surface area contributed by atoms with Crippen LogP contribution in [0.1, 0.15) is 33.6 Å². The topological polar surface area (TPSA) is 29.1 Å². The minimum Gasteiger partial charge on any atom is -0.352 e. The lowest BCUT2D eigenvalue weighted by Crippen LogP contribution is -2.37. The van der Waals surface area contributed by atoms with Gasteiger partial charge < -0.3 is 5.32 Å². The molecule has 2 unspecified atom stereocenters. The van der Waals surface area contributed by atoms with Crippen LogP contribution in [0.5, 0.6) is 0 Å². The Balaban J connectivity index is 3.70. The number of hydrogen-bond acceptors (Lipinski definition) is 1. The summed E-state index contributed by atoms with van der Waals surface area (Å²) in [6, 6.07) is 0.0819. The van der Waals surface area contributed by atoms with E-state index in [0.717, 1.165) is 12.8 Å². The third kappa shape index (κ3) is 4.60. The first-order valence-electron chi connectivity index (χ1n) is 4.48. The fraction of sp³-hybridized carbons (Fsp3) is 0.889. The van der Waals surface area contributed by atoms with E-state index in [4.69, 9.17) is 11.6 Å². The molecule has 0 radical (unpaired) electrons. The SMILES string of the molecule is CCCC(C)C(=O)NC(C)CCl. The lowest BCUT2D eigenvalue weighted by molar-refractivity contribution is -0.125. The van der Waals surface area contributed by atoms with Crippen LogP contribution in [0, 0.1) is 5.92 Å². The minimum absolute atomic E-state index is 0.0819. The van der Waals surface area contributed by atoms with E-state index in [-0.39, 0.29) is 17.9 Å². The van der Waals surface area contributed by atoms with Gasteiger partial charge in [-0.1, -0.05) is 20.3 Å². The zero-order chi connectivity index (χ0) is 9.56. The van der Waals surface area contributed by atoms with Gasteiger partial charge in [-0.3, -0.25) is 4.79 Å². The Kier molecular flexibility index (Phi) is 6.17. The number of nitrogens with one attached hydrogen (secondary N) is 1. The molecule has 0 aliphatic carbocycles. The molecule has 0 rings (SSSR count). The fourth-order valence-corrected chi connectivity index (χ4v) is 1.06. The standard InChI is InChI=1S/C9H18ClNO/c1-4-5-7(2)9(12)11-8(3)6-10/h7-8H,4-6H2,1-3H3,(H,11,12). The lowest BCUT2D eigenvalue weighted by Gasteiger charge is -2.14. The second-order valence-corrected chi connectivity index (χ2v) is 3.56. The second kappa shape index (κ2) is 6.30. The van der Waals surface area contributed by atoms with Crippen molar-refractivity contribution >= 4 is 17.5 Å². The Bertz CT molecular complexity index is 138. The lowest BCUT2D eigenvalue weighted by atomic mass is 10.1. The molecule has 72 valence electrons. The molecule has 3 heteroatoms. The first kappa shape index (κ1) is 11.8. The third-order valence-corrected chi connectivity index (χ3v) is 2.25. The van der Waals surface area contributed by atoms with Gasteiger partial charge >= 0.3 is 0 Å². The molecule has 2 atom stereocenters. The Morgan fingerprint density at radius 1 is 1.50 bits per heavy atom. The van der Waals surface area contributed by atoms with Crippen LogP contribution < -0.4 is 5.32 Å². The van der Waals surface area contributed by atoms with Gasteiger partial charge in [0.1, 0.15) is 0 Å². The molecule has 0 aromatic heterocycles. The molecule has 0 bridgehead atoms. The second-order valence-electron chi connectivity index (χ2n) is 3.25. The highest BCUT2D eigenvalue weighted by Crippen LogP contribution is 2.05. The molecule has 0 aliphatic rings. The summed E-state index contributed by atoms with van der Waals surface area (Å²) in [4.78, 5) is 11.3. The largest absolute Gasteiger partial charge is 0.352 e. The van der Waals surface area contributed by atoms with Crippen molar-refractivity contribution < 1.29 is 4.79 Å². The molecule has 0 aromatic carbocycles. The van der Waals surface area contributed by atoms with E-state index >= 15 is 0 Å². The predicted molar refractivity (Wildman–Crippen MR) is 52.4 cm³/mol. The molecular weight excluding hydrogens is 174 g/mol. The molecule has 0 saturated heterocycles. The Hall–Kier alpha value is -0.240. The maximum atomic E-state index is 11.3. The average Bonchev–Trinajstić information content (AvgIpc) is 2.04. The number of alkyl halides is 1. The zero-order valence-corrected chi connectivity index (χ0v) is 8.82. The summed E-state index contributed by atoms with van der Waals surface area (Å²) < 4.78 is 0. The van der Waals surface area contributed by atoms with Crippen LogP contribution in [0.2, 0.25) is 0 Å². The van der Waals surface area contributed by atoms with Crippen molar-refractivity contribution in [1.29, 1.82) is 0 Å². The maximum absolute atomic E-state index is 11.3. The van der Waals surface area contributed by atoms with E-state index in [2.05, 4.69) is 12.2 Å². The highest BCUT2D eigenvalue weighted by Gasteiger charge is 2.13. The normalized spacial score (nSPS) is 15.3. The molecule has 0 fully saturated rings. The molecule has 1 amide bonds. The molecular formula is C9H18ClNO. The molecule has 12 heavy (non-hydrogen) atoms. The quantitative estimate of drug-likeness (QED) is 0.664. The van der Waals surface area contributed by atoms with Gasteiger partial charge in [-0.15, -0.1) is 11.6 Å². The van der Waals surface area contributed by atoms with Crippen LogP contribution in [-0.4, -0.2) is 17.8 Å². The van der Waals surface area contributed by atoms with Crippen LogP contribution in [0.15, 0.2) is 0 Å². The van der Waals surface area contributed by atoms with E-state index < -0.39 is 0 Å². The number of amides is 1. The number of rotatable bonds is 5. The van der Waals surface area contributed by atoms with Gasteiger partial charge in [-0.25, -0.2) is 0 Å². The summed E-state index contributed by atoms with van der Waals surface area (Å²) in [7, 11) is 0. The van der Waals surface area contributed by atoms with Crippen LogP contribution in [-0.2, 0) is 4.79 Å². The van der Waals surface area contributed by atoms with Gasteiger partial charge in [0.2, 0.25) is 5.91 Å². The van der Waals surface area contributed by atoms with Crippen molar-refractivity contribution in [1.82, 2.24) is 5.32 Å². The van der Waals surface area contributed by atoms with Gasteiger partial charge in [-0.2, -0.15) is 0 Å². The van der Waals surface area contributed by atoms with E-state index in [0.29, 0.717) is 5.88 Å². The molecule has 0 heterocycles. The summed E-state index contributed by atoms with van der Waals surface area (Å²) in [6.07, 6.45) is 1.99. The number of halogens is 1. The number of carbonyl (C=O) groups is 1. The van der Waals surface area contributed by atoms with Gasteiger partial charge in [-0.05, 0) is 13.3 Å². The maximum Gasteiger partial charge on any atom is 0.223 e.